The third-order valence-corrected chi connectivity index (χ3v) is 4.59. The van der Waals surface area contributed by atoms with E-state index in [2.05, 4.69) is 11.4 Å². The third kappa shape index (κ3) is 4.69. The molecule has 4 heteroatoms. The molecule has 2 aromatic carbocycles. The van der Waals surface area contributed by atoms with E-state index in [-0.39, 0.29) is 30.8 Å². The van der Waals surface area contributed by atoms with E-state index in [9.17, 15) is 9.59 Å². The predicted octanol–water partition coefficient (Wildman–Crippen LogP) is 3.85. The quantitative estimate of drug-likeness (QED) is 0.815. The molecule has 0 aromatic heterocycles. The smallest absolute Gasteiger partial charge is 0.306 e. The Balaban J connectivity index is 1.45. The van der Waals surface area contributed by atoms with Crippen molar-refractivity contribution in [3.05, 3.63) is 65.2 Å². The molecule has 4 nitrogen and oxygen atoms in total. The Morgan fingerprint density at radius 2 is 1.84 bits per heavy atom. The lowest BCUT2D eigenvalue weighted by Gasteiger charge is -2.12. The average molecular weight is 337 g/mol. The van der Waals surface area contributed by atoms with E-state index in [0.717, 1.165) is 24.1 Å². The molecule has 0 fully saturated rings. The molecule has 1 aliphatic rings. The Bertz CT molecular complexity index is 755. The number of esters is 1. The van der Waals surface area contributed by atoms with Crippen LogP contribution in [-0.4, -0.2) is 18.5 Å². The summed E-state index contributed by atoms with van der Waals surface area (Å²) in [7, 11) is 0. The Morgan fingerprint density at radius 1 is 1.08 bits per heavy atom. The second-order valence-corrected chi connectivity index (χ2v) is 6.56. The molecule has 0 heterocycles. The van der Waals surface area contributed by atoms with E-state index in [1.165, 1.54) is 17.5 Å². The van der Waals surface area contributed by atoms with Gasteiger partial charge in [-0.25, -0.2) is 0 Å². The number of ether oxygens (including phenoxy) is 1. The first-order chi connectivity index (χ1) is 12.1. The fourth-order valence-corrected chi connectivity index (χ4v) is 3.20. The van der Waals surface area contributed by atoms with Crippen molar-refractivity contribution in [2.75, 3.05) is 11.9 Å². The van der Waals surface area contributed by atoms with Crippen molar-refractivity contribution < 1.29 is 14.3 Å². The highest BCUT2D eigenvalue weighted by Crippen LogP contribution is 2.25. The van der Waals surface area contributed by atoms with E-state index in [4.69, 9.17) is 4.74 Å². The molecule has 0 aliphatic heterocycles. The lowest BCUT2D eigenvalue weighted by molar-refractivity contribution is -0.147. The second-order valence-electron chi connectivity index (χ2n) is 6.56. The van der Waals surface area contributed by atoms with Gasteiger partial charge in [-0.15, -0.1) is 0 Å². The Labute approximate surface area is 148 Å². The number of rotatable bonds is 6. The minimum absolute atomic E-state index is 0.0634. The van der Waals surface area contributed by atoms with E-state index >= 15 is 0 Å². The fourth-order valence-electron chi connectivity index (χ4n) is 3.20. The Kier molecular flexibility index (Phi) is 5.49. The van der Waals surface area contributed by atoms with Gasteiger partial charge in [0.15, 0.2) is 6.61 Å². The number of carbonyl (C=O) groups excluding carboxylic acids is 2. The van der Waals surface area contributed by atoms with Crippen LogP contribution in [0.15, 0.2) is 48.5 Å². The highest BCUT2D eigenvalue weighted by Gasteiger charge is 2.15. The van der Waals surface area contributed by atoms with Crippen molar-refractivity contribution >= 4 is 17.6 Å². The molecular weight excluding hydrogens is 314 g/mol. The first-order valence-corrected chi connectivity index (χ1v) is 8.74. The van der Waals surface area contributed by atoms with Gasteiger partial charge in [0.1, 0.15) is 0 Å². The number of aryl methyl sites for hydroxylation is 2. The zero-order valence-corrected chi connectivity index (χ0v) is 14.5. The number of fused-ring (bicyclic) bond motifs is 1. The molecule has 0 radical (unpaired) electrons. The summed E-state index contributed by atoms with van der Waals surface area (Å²) in [5.41, 5.74) is 4.51. The SMILES string of the molecule is C[C@@H](CC(=O)OCC(=O)Nc1ccc2c(c1)CCC2)c1ccccc1. The zero-order chi connectivity index (χ0) is 17.6. The van der Waals surface area contributed by atoms with Crippen LogP contribution in [0, 0.1) is 0 Å². The number of benzene rings is 2. The summed E-state index contributed by atoms with van der Waals surface area (Å²) in [5, 5.41) is 2.80. The molecule has 25 heavy (non-hydrogen) atoms. The lowest BCUT2D eigenvalue weighted by Crippen LogP contribution is -2.21. The molecule has 1 N–H and O–H groups in total. The van der Waals surface area contributed by atoms with E-state index in [1.807, 2.05) is 49.4 Å². The maximum absolute atomic E-state index is 12.0. The van der Waals surface area contributed by atoms with E-state index in [0.29, 0.717) is 0 Å². The second kappa shape index (κ2) is 7.97. The van der Waals surface area contributed by atoms with Gasteiger partial charge in [0.05, 0.1) is 6.42 Å². The van der Waals surface area contributed by atoms with Crippen molar-refractivity contribution in [2.45, 2.75) is 38.5 Å². The molecule has 0 saturated heterocycles. The summed E-state index contributed by atoms with van der Waals surface area (Å²) in [5.74, 6) is -0.604. The normalized spacial score (nSPS) is 13.8. The standard InChI is InChI=1S/C21H23NO3/c1-15(16-6-3-2-4-7-16)12-21(24)25-14-20(23)22-19-11-10-17-8-5-9-18(17)13-19/h2-4,6-7,10-11,13,15H,5,8-9,12,14H2,1H3,(H,22,23)/t15-/m0/s1. The van der Waals surface area contributed by atoms with Crippen LogP contribution in [0.4, 0.5) is 5.69 Å². The number of amides is 1. The van der Waals surface area contributed by atoms with Gasteiger partial charge in [0.2, 0.25) is 0 Å². The molecule has 130 valence electrons. The molecule has 0 unspecified atom stereocenters. The largest absolute Gasteiger partial charge is 0.456 e. The van der Waals surface area contributed by atoms with Crippen LogP contribution in [0.2, 0.25) is 0 Å². The first kappa shape index (κ1) is 17.2. The van der Waals surface area contributed by atoms with Gasteiger partial charge in [-0.2, -0.15) is 0 Å². The molecule has 2 aromatic rings. The van der Waals surface area contributed by atoms with Crippen LogP contribution in [0.5, 0.6) is 0 Å². The number of anilines is 1. The summed E-state index contributed by atoms with van der Waals surface area (Å²) in [6, 6.07) is 15.8. The molecule has 1 aliphatic carbocycles. The summed E-state index contributed by atoms with van der Waals surface area (Å²) in [6.07, 6.45) is 3.60. The zero-order valence-electron chi connectivity index (χ0n) is 14.5. The summed E-state index contributed by atoms with van der Waals surface area (Å²) < 4.78 is 5.11. The fraction of sp³-hybridized carbons (Fsp3) is 0.333. The molecule has 0 saturated carbocycles. The van der Waals surface area contributed by atoms with Crippen LogP contribution in [0.3, 0.4) is 0 Å². The van der Waals surface area contributed by atoms with Gasteiger partial charge in [-0.3, -0.25) is 9.59 Å². The minimum atomic E-state index is -0.361. The number of hydrogen-bond acceptors (Lipinski definition) is 3. The minimum Gasteiger partial charge on any atom is -0.456 e. The predicted molar refractivity (Wildman–Crippen MR) is 97.5 cm³/mol. The maximum Gasteiger partial charge on any atom is 0.306 e. The van der Waals surface area contributed by atoms with E-state index in [1.54, 1.807) is 0 Å². The molecule has 0 spiro atoms. The van der Waals surface area contributed by atoms with Gasteiger partial charge in [0.25, 0.3) is 5.91 Å². The topological polar surface area (TPSA) is 55.4 Å². The van der Waals surface area contributed by atoms with Crippen molar-refractivity contribution in [2.24, 2.45) is 0 Å². The van der Waals surface area contributed by atoms with Crippen LogP contribution >= 0.6 is 0 Å². The van der Waals surface area contributed by atoms with Crippen LogP contribution in [0.1, 0.15) is 42.4 Å². The average Bonchev–Trinajstić information content (AvgIpc) is 3.08. The monoisotopic (exact) mass is 337 g/mol. The Morgan fingerprint density at radius 3 is 2.64 bits per heavy atom. The lowest BCUT2D eigenvalue weighted by atomic mass is 9.98. The summed E-state index contributed by atoms with van der Waals surface area (Å²) >= 11 is 0. The first-order valence-electron chi connectivity index (χ1n) is 8.74. The van der Waals surface area contributed by atoms with Crippen LogP contribution in [0.25, 0.3) is 0 Å². The van der Waals surface area contributed by atoms with Gasteiger partial charge < -0.3 is 10.1 Å². The van der Waals surface area contributed by atoms with Crippen LogP contribution in [-0.2, 0) is 27.2 Å². The molecule has 3 rings (SSSR count). The van der Waals surface area contributed by atoms with Crippen molar-refractivity contribution in [3.8, 4) is 0 Å². The highest BCUT2D eigenvalue weighted by atomic mass is 16.5. The number of nitrogens with one attached hydrogen (secondary N) is 1. The van der Waals surface area contributed by atoms with Crippen molar-refractivity contribution in [3.63, 3.8) is 0 Å². The van der Waals surface area contributed by atoms with Crippen molar-refractivity contribution in [1.82, 2.24) is 0 Å². The number of carbonyl (C=O) groups is 2. The summed E-state index contributed by atoms with van der Waals surface area (Å²) in [4.78, 5) is 23.9. The van der Waals surface area contributed by atoms with E-state index < -0.39 is 0 Å². The Hall–Kier alpha value is -2.62. The van der Waals surface area contributed by atoms with Crippen LogP contribution < -0.4 is 5.32 Å². The highest BCUT2D eigenvalue weighted by molar-refractivity contribution is 5.93. The molecule has 1 amide bonds. The third-order valence-electron chi connectivity index (χ3n) is 4.59. The van der Waals surface area contributed by atoms with Gasteiger partial charge in [-0.1, -0.05) is 43.3 Å². The summed E-state index contributed by atoms with van der Waals surface area (Å²) in [6.45, 7) is 1.72. The van der Waals surface area contributed by atoms with Gasteiger partial charge in [0, 0.05) is 5.69 Å². The molecular formula is C21H23NO3. The van der Waals surface area contributed by atoms with Gasteiger partial charge in [-0.05, 0) is 54.0 Å². The molecule has 0 bridgehead atoms. The molecule has 1 atom stereocenters. The number of hydrogen-bond donors (Lipinski definition) is 1. The van der Waals surface area contributed by atoms with Gasteiger partial charge >= 0.3 is 5.97 Å². The maximum atomic E-state index is 12.0. The van der Waals surface area contributed by atoms with Crippen molar-refractivity contribution in [1.29, 1.82) is 0 Å².